The molecule has 6 nitrogen and oxygen atoms in total. The highest BCUT2D eigenvalue weighted by atomic mass is 16.5. The smallest absolute Gasteiger partial charge is 0.317 e. The lowest BCUT2D eigenvalue weighted by Gasteiger charge is -2.32. The van der Waals surface area contributed by atoms with Crippen LogP contribution in [-0.4, -0.2) is 46.1 Å². The first-order valence-corrected chi connectivity index (χ1v) is 7.71. The van der Waals surface area contributed by atoms with Gasteiger partial charge in [0.05, 0.1) is 0 Å². The largest absolute Gasteiger partial charge is 0.474 e. The van der Waals surface area contributed by atoms with Gasteiger partial charge in [0.25, 0.3) is 0 Å². The number of likely N-dealkylation sites (tertiary alicyclic amines) is 1. The van der Waals surface area contributed by atoms with E-state index >= 15 is 0 Å². The molecule has 1 aromatic heterocycles. The first-order chi connectivity index (χ1) is 10.2. The van der Waals surface area contributed by atoms with Crippen LogP contribution in [0.1, 0.15) is 39.5 Å². The van der Waals surface area contributed by atoms with Crippen molar-refractivity contribution in [2.24, 2.45) is 0 Å². The lowest BCUT2D eigenvalue weighted by Crippen LogP contribution is -2.49. The zero-order valence-electron chi connectivity index (χ0n) is 12.8. The molecule has 1 aliphatic rings. The molecule has 0 bridgehead atoms. The number of nitrogens with one attached hydrogen (secondary N) is 1. The summed E-state index contributed by atoms with van der Waals surface area (Å²) in [6.07, 6.45) is 6.87. The molecule has 2 amide bonds. The van der Waals surface area contributed by atoms with E-state index in [1.54, 1.807) is 12.3 Å². The third kappa shape index (κ3) is 4.58. The number of piperidine rings is 1. The maximum Gasteiger partial charge on any atom is 0.317 e. The van der Waals surface area contributed by atoms with Crippen LogP contribution in [0.4, 0.5) is 4.79 Å². The van der Waals surface area contributed by atoms with Gasteiger partial charge in [0.2, 0.25) is 5.88 Å². The van der Waals surface area contributed by atoms with Gasteiger partial charge in [0, 0.05) is 44.2 Å². The molecular weight excluding hydrogens is 268 g/mol. The Morgan fingerprint density at radius 3 is 2.71 bits per heavy atom. The summed E-state index contributed by atoms with van der Waals surface area (Å²) >= 11 is 0. The number of aromatic nitrogens is 2. The molecular formula is C15H24N4O2. The quantitative estimate of drug-likeness (QED) is 0.903. The number of carbonyl (C=O) groups is 1. The van der Waals surface area contributed by atoms with Crippen molar-refractivity contribution >= 4 is 6.03 Å². The number of ether oxygens (including phenoxy) is 1. The highest BCUT2D eigenvalue weighted by Crippen LogP contribution is 2.16. The molecule has 6 heteroatoms. The molecule has 0 saturated carbocycles. The number of carbonyl (C=O) groups excluding carboxylic acids is 1. The first-order valence-electron chi connectivity index (χ1n) is 7.71. The van der Waals surface area contributed by atoms with E-state index in [1.165, 1.54) is 6.33 Å². The molecule has 116 valence electrons. The third-order valence-electron chi connectivity index (χ3n) is 3.88. The summed E-state index contributed by atoms with van der Waals surface area (Å²) in [6, 6.07) is 2.07. The number of amides is 2. The van der Waals surface area contributed by atoms with Crippen LogP contribution in [0.25, 0.3) is 0 Å². The zero-order valence-corrected chi connectivity index (χ0v) is 12.8. The van der Waals surface area contributed by atoms with Crippen LogP contribution in [0.15, 0.2) is 18.6 Å². The molecule has 0 unspecified atom stereocenters. The van der Waals surface area contributed by atoms with Crippen molar-refractivity contribution in [3.8, 4) is 5.88 Å². The van der Waals surface area contributed by atoms with Crippen LogP contribution in [0.2, 0.25) is 0 Å². The third-order valence-corrected chi connectivity index (χ3v) is 3.88. The summed E-state index contributed by atoms with van der Waals surface area (Å²) in [5, 5.41) is 3.08. The van der Waals surface area contributed by atoms with Crippen molar-refractivity contribution in [3.63, 3.8) is 0 Å². The predicted octanol–water partition coefficient (Wildman–Crippen LogP) is 2.22. The lowest BCUT2D eigenvalue weighted by molar-refractivity contribution is 0.106. The molecule has 1 aliphatic heterocycles. The Morgan fingerprint density at radius 2 is 2.14 bits per heavy atom. The Balaban J connectivity index is 1.76. The fraction of sp³-hybridized carbons (Fsp3) is 0.667. The van der Waals surface area contributed by atoms with Gasteiger partial charge in [-0.3, -0.25) is 0 Å². The minimum absolute atomic E-state index is 0.0455. The average molecular weight is 292 g/mol. The lowest BCUT2D eigenvalue weighted by atomic mass is 10.1. The van der Waals surface area contributed by atoms with Crippen LogP contribution in [-0.2, 0) is 0 Å². The number of hydrogen-bond donors (Lipinski definition) is 1. The van der Waals surface area contributed by atoms with E-state index in [4.69, 9.17) is 4.74 Å². The van der Waals surface area contributed by atoms with Gasteiger partial charge in [-0.2, -0.15) is 0 Å². The van der Waals surface area contributed by atoms with E-state index in [2.05, 4.69) is 29.1 Å². The molecule has 1 fully saturated rings. The minimum Gasteiger partial charge on any atom is -0.474 e. The number of urea groups is 1. The van der Waals surface area contributed by atoms with Gasteiger partial charge in [0.1, 0.15) is 12.4 Å². The van der Waals surface area contributed by atoms with E-state index in [0.29, 0.717) is 5.88 Å². The summed E-state index contributed by atoms with van der Waals surface area (Å²) in [6.45, 7) is 5.63. The molecule has 2 rings (SSSR count). The fourth-order valence-electron chi connectivity index (χ4n) is 2.45. The monoisotopic (exact) mass is 292 g/mol. The van der Waals surface area contributed by atoms with Gasteiger partial charge < -0.3 is 15.0 Å². The molecule has 1 saturated heterocycles. The van der Waals surface area contributed by atoms with Crippen LogP contribution < -0.4 is 10.1 Å². The van der Waals surface area contributed by atoms with Crippen molar-refractivity contribution in [2.75, 3.05) is 13.1 Å². The molecule has 21 heavy (non-hydrogen) atoms. The first kappa shape index (κ1) is 15.5. The van der Waals surface area contributed by atoms with Crippen molar-refractivity contribution in [1.82, 2.24) is 20.2 Å². The normalized spacial score (nSPS) is 16.0. The van der Waals surface area contributed by atoms with Crippen molar-refractivity contribution in [2.45, 2.75) is 51.7 Å². The molecule has 2 heterocycles. The summed E-state index contributed by atoms with van der Waals surface area (Å²) in [7, 11) is 0. The van der Waals surface area contributed by atoms with Crippen molar-refractivity contribution in [3.05, 3.63) is 18.6 Å². The molecule has 1 aromatic rings. The van der Waals surface area contributed by atoms with Crippen LogP contribution >= 0.6 is 0 Å². The fourth-order valence-corrected chi connectivity index (χ4v) is 2.45. The second-order valence-electron chi connectivity index (χ2n) is 5.31. The van der Waals surface area contributed by atoms with E-state index in [-0.39, 0.29) is 18.2 Å². The summed E-state index contributed by atoms with van der Waals surface area (Å²) < 4.78 is 5.80. The van der Waals surface area contributed by atoms with Crippen LogP contribution in [0, 0.1) is 0 Å². The van der Waals surface area contributed by atoms with Crippen molar-refractivity contribution in [1.29, 1.82) is 0 Å². The Kier molecular flexibility index (Phi) is 5.78. The average Bonchev–Trinajstić information content (AvgIpc) is 2.54. The van der Waals surface area contributed by atoms with Gasteiger partial charge in [-0.05, 0) is 12.8 Å². The van der Waals surface area contributed by atoms with Crippen LogP contribution in [0.5, 0.6) is 5.88 Å². The molecule has 0 aromatic carbocycles. The van der Waals surface area contributed by atoms with E-state index in [0.717, 1.165) is 38.8 Å². The predicted molar refractivity (Wildman–Crippen MR) is 80.2 cm³/mol. The SMILES string of the molecule is CCC(CC)NC(=O)N1CCC(Oc2ccncn2)CC1. The van der Waals surface area contributed by atoms with E-state index < -0.39 is 0 Å². The Bertz CT molecular complexity index is 429. The Labute approximate surface area is 125 Å². The second-order valence-corrected chi connectivity index (χ2v) is 5.31. The van der Waals surface area contributed by atoms with Gasteiger partial charge in [-0.15, -0.1) is 0 Å². The maximum absolute atomic E-state index is 12.1. The zero-order chi connectivity index (χ0) is 15.1. The summed E-state index contributed by atoms with van der Waals surface area (Å²) in [4.78, 5) is 21.9. The minimum atomic E-state index is 0.0455. The van der Waals surface area contributed by atoms with Gasteiger partial charge in [0.15, 0.2) is 0 Å². The highest BCUT2D eigenvalue weighted by Gasteiger charge is 2.24. The van der Waals surface area contributed by atoms with Gasteiger partial charge >= 0.3 is 6.03 Å². The molecule has 0 radical (unpaired) electrons. The molecule has 0 spiro atoms. The highest BCUT2D eigenvalue weighted by molar-refractivity contribution is 5.74. The molecule has 0 atom stereocenters. The Morgan fingerprint density at radius 1 is 1.43 bits per heavy atom. The van der Waals surface area contributed by atoms with E-state index in [9.17, 15) is 4.79 Å². The number of rotatable bonds is 5. The van der Waals surface area contributed by atoms with Gasteiger partial charge in [-0.1, -0.05) is 13.8 Å². The van der Waals surface area contributed by atoms with E-state index in [1.807, 2.05) is 4.90 Å². The van der Waals surface area contributed by atoms with Crippen molar-refractivity contribution < 1.29 is 9.53 Å². The number of nitrogens with zero attached hydrogens (tertiary/aromatic N) is 3. The molecule has 0 aliphatic carbocycles. The summed E-state index contributed by atoms with van der Waals surface area (Å²) in [5.41, 5.74) is 0. The van der Waals surface area contributed by atoms with Crippen LogP contribution in [0.3, 0.4) is 0 Å². The maximum atomic E-state index is 12.1. The van der Waals surface area contributed by atoms with Gasteiger partial charge in [-0.25, -0.2) is 14.8 Å². The standard InChI is InChI=1S/C15H24N4O2/c1-3-12(4-2)18-15(20)19-9-6-13(7-10-19)21-14-5-8-16-11-17-14/h5,8,11-13H,3-4,6-7,9-10H2,1-2H3,(H,18,20). The second kappa shape index (κ2) is 7.81. The Hall–Kier alpha value is -1.85. The summed E-state index contributed by atoms with van der Waals surface area (Å²) in [5.74, 6) is 0.602. The topological polar surface area (TPSA) is 67.4 Å². The molecule has 1 N–H and O–H groups in total. The number of hydrogen-bond acceptors (Lipinski definition) is 4.